The van der Waals surface area contributed by atoms with E-state index in [2.05, 4.69) is 44.6 Å². The van der Waals surface area contributed by atoms with E-state index in [1.165, 1.54) is 0 Å². The minimum absolute atomic E-state index is 0.354. The van der Waals surface area contributed by atoms with E-state index in [0.29, 0.717) is 12.0 Å². The molecular formula is C12H20N6S. The van der Waals surface area contributed by atoms with Gasteiger partial charge in [0.05, 0.1) is 11.6 Å². The monoisotopic (exact) mass is 280 g/mol. The molecule has 2 rings (SSSR count). The third kappa shape index (κ3) is 3.50. The normalized spacial score (nSPS) is 12.6. The summed E-state index contributed by atoms with van der Waals surface area (Å²) >= 11 is 1.91. The van der Waals surface area contributed by atoms with Gasteiger partial charge >= 0.3 is 0 Å². The van der Waals surface area contributed by atoms with E-state index in [1.54, 1.807) is 6.20 Å². The lowest BCUT2D eigenvalue weighted by molar-refractivity contribution is 0.903. The van der Waals surface area contributed by atoms with Gasteiger partial charge in [0.1, 0.15) is 5.82 Å². The molecule has 3 N–H and O–H groups in total. The van der Waals surface area contributed by atoms with Crippen molar-refractivity contribution in [2.75, 3.05) is 28.7 Å². The number of nitrogens with one attached hydrogen (secondary N) is 3. The molecule has 0 fully saturated rings. The van der Waals surface area contributed by atoms with Crippen LogP contribution in [0.5, 0.6) is 0 Å². The Balaban J connectivity index is 2.21. The van der Waals surface area contributed by atoms with Gasteiger partial charge in [0.25, 0.3) is 0 Å². The Bertz CT molecular complexity index is 526. The molecule has 0 aromatic carbocycles. The second-order valence-electron chi connectivity index (χ2n) is 4.26. The smallest absolute Gasteiger partial charge is 0.226 e. The molecule has 0 aliphatic heterocycles. The highest BCUT2D eigenvalue weighted by molar-refractivity contribution is 7.99. The summed E-state index contributed by atoms with van der Waals surface area (Å²) in [6.45, 7) is 7.14. The van der Waals surface area contributed by atoms with E-state index in [-0.39, 0.29) is 0 Å². The average molecular weight is 280 g/mol. The van der Waals surface area contributed by atoms with Crippen molar-refractivity contribution < 1.29 is 0 Å². The second kappa shape index (κ2) is 6.60. The number of hydrogen-bond acceptors (Lipinski definition) is 6. The van der Waals surface area contributed by atoms with Crippen molar-refractivity contribution in [3.63, 3.8) is 0 Å². The van der Waals surface area contributed by atoms with Crippen LogP contribution >= 0.6 is 11.8 Å². The maximum Gasteiger partial charge on any atom is 0.226 e. The number of rotatable bonds is 7. The minimum atomic E-state index is 0.354. The summed E-state index contributed by atoms with van der Waals surface area (Å²) in [4.78, 5) is 8.88. The van der Waals surface area contributed by atoms with Crippen LogP contribution < -0.4 is 10.6 Å². The van der Waals surface area contributed by atoms with Crippen LogP contribution in [0.3, 0.4) is 0 Å². The van der Waals surface area contributed by atoms with Crippen LogP contribution in [-0.2, 0) is 0 Å². The van der Waals surface area contributed by atoms with Crippen molar-refractivity contribution in [1.82, 2.24) is 20.2 Å². The van der Waals surface area contributed by atoms with Crippen molar-refractivity contribution in [2.45, 2.75) is 26.8 Å². The van der Waals surface area contributed by atoms with E-state index in [4.69, 9.17) is 0 Å². The average Bonchev–Trinajstić information content (AvgIpc) is 2.85. The molecule has 0 saturated heterocycles. The van der Waals surface area contributed by atoms with Gasteiger partial charge in [0.2, 0.25) is 5.95 Å². The van der Waals surface area contributed by atoms with Gasteiger partial charge in [0.15, 0.2) is 5.65 Å². The zero-order valence-electron chi connectivity index (χ0n) is 11.5. The van der Waals surface area contributed by atoms with Crippen LogP contribution in [0.4, 0.5) is 11.8 Å². The molecule has 0 aliphatic rings. The molecule has 0 amide bonds. The van der Waals surface area contributed by atoms with Crippen molar-refractivity contribution in [3.05, 3.63) is 6.20 Å². The maximum absolute atomic E-state index is 4.51. The van der Waals surface area contributed by atoms with Crippen LogP contribution in [0.2, 0.25) is 0 Å². The molecule has 0 radical (unpaired) electrons. The van der Waals surface area contributed by atoms with E-state index in [1.807, 2.05) is 18.7 Å². The van der Waals surface area contributed by atoms with E-state index >= 15 is 0 Å². The first-order chi connectivity index (χ1) is 9.24. The molecule has 6 nitrogen and oxygen atoms in total. The van der Waals surface area contributed by atoms with Crippen molar-refractivity contribution in [2.24, 2.45) is 0 Å². The first kappa shape index (κ1) is 13.9. The van der Waals surface area contributed by atoms with Crippen LogP contribution in [0, 0.1) is 0 Å². The first-order valence-electron chi connectivity index (χ1n) is 6.53. The SMILES string of the molecule is CCNc1nc(NC(C)CSCC)c2cn[nH]c2n1. The van der Waals surface area contributed by atoms with Gasteiger partial charge in [-0.3, -0.25) is 5.10 Å². The predicted octanol–water partition coefficient (Wildman–Crippen LogP) is 2.34. The number of aromatic nitrogens is 4. The van der Waals surface area contributed by atoms with Gasteiger partial charge in [-0.2, -0.15) is 26.8 Å². The third-order valence-electron chi connectivity index (χ3n) is 2.60. The quantitative estimate of drug-likeness (QED) is 0.722. The predicted molar refractivity (Wildman–Crippen MR) is 81.9 cm³/mol. The maximum atomic E-state index is 4.51. The Morgan fingerprint density at radius 1 is 1.37 bits per heavy atom. The number of H-pyrrole nitrogens is 1. The van der Waals surface area contributed by atoms with E-state index in [9.17, 15) is 0 Å². The van der Waals surface area contributed by atoms with Gasteiger partial charge in [-0.25, -0.2) is 0 Å². The summed E-state index contributed by atoms with van der Waals surface area (Å²) in [6.07, 6.45) is 1.76. The van der Waals surface area contributed by atoms with Gasteiger partial charge in [-0.15, -0.1) is 0 Å². The largest absolute Gasteiger partial charge is 0.366 e. The van der Waals surface area contributed by atoms with Crippen LogP contribution in [0.15, 0.2) is 6.20 Å². The fraction of sp³-hybridized carbons (Fsp3) is 0.583. The first-order valence-corrected chi connectivity index (χ1v) is 7.69. The number of aromatic amines is 1. The van der Waals surface area contributed by atoms with Crippen molar-refractivity contribution in [3.8, 4) is 0 Å². The number of hydrogen-bond donors (Lipinski definition) is 3. The molecule has 2 aromatic rings. The topological polar surface area (TPSA) is 78.5 Å². The summed E-state index contributed by atoms with van der Waals surface area (Å²) in [5.74, 6) is 3.63. The number of nitrogens with zero attached hydrogens (tertiary/aromatic N) is 3. The highest BCUT2D eigenvalue weighted by Crippen LogP contribution is 2.21. The molecule has 0 bridgehead atoms. The van der Waals surface area contributed by atoms with Gasteiger partial charge in [0, 0.05) is 18.3 Å². The zero-order valence-corrected chi connectivity index (χ0v) is 12.3. The zero-order chi connectivity index (χ0) is 13.7. The van der Waals surface area contributed by atoms with Gasteiger partial charge < -0.3 is 10.6 Å². The molecule has 19 heavy (non-hydrogen) atoms. The number of anilines is 2. The summed E-state index contributed by atoms with van der Waals surface area (Å²) in [7, 11) is 0. The highest BCUT2D eigenvalue weighted by Gasteiger charge is 2.11. The summed E-state index contributed by atoms with van der Waals surface area (Å²) in [6, 6.07) is 0.354. The van der Waals surface area contributed by atoms with Gasteiger partial charge in [-0.05, 0) is 19.6 Å². The summed E-state index contributed by atoms with van der Waals surface area (Å²) in [5, 5.41) is 14.4. The standard InChI is InChI=1S/C12H20N6S/c1-4-13-12-16-10(15-8(3)7-19-5-2)9-6-14-18-11(9)17-12/h6,8H,4-5,7H2,1-3H3,(H3,13,14,15,16,17,18). The Labute approximate surface area is 117 Å². The molecule has 7 heteroatoms. The number of thioether (sulfide) groups is 1. The van der Waals surface area contributed by atoms with Crippen LogP contribution in [0.25, 0.3) is 11.0 Å². The molecule has 104 valence electrons. The molecule has 0 aliphatic carbocycles. The molecular weight excluding hydrogens is 260 g/mol. The summed E-state index contributed by atoms with van der Waals surface area (Å²) < 4.78 is 0. The minimum Gasteiger partial charge on any atom is -0.366 e. The number of fused-ring (bicyclic) bond motifs is 1. The van der Waals surface area contributed by atoms with E-state index in [0.717, 1.165) is 34.9 Å². The Hall–Kier alpha value is -1.50. The van der Waals surface area contributed by atoms with Crippen LogP contribution in [-0.4, -0.2) is 44.3 Å². The fourth-order valence-corrected chi connectivity index (χ4v) is 2.42. The fourth-order valence-electron chi connectivity index (χ4n) is 1.75. The summed E-state index contributed by atoms with van der Waals surface area (Å²) in [5.41, 5.74) is 0.754. The molecule has 1 atom stereocenters. The Morgan fingerprint density at radius 2 is 2.21 bits per heavy atom. The van der Waals surface area contributed by atoms with Crippen molar-refractivity contribution in [1.29, 1.82) is 0 Å². The highest BCUT2D eigenvalue weighted by atomic mass is 32.2. The third-order valence-corrected chi connectivity index (χ3v) is 3.74. The Kier molecular flexibility index (Phi) is 4.84. The molecule has 0 saturated carbocycles. The lowest BCUT2D eigenvalue weighted by Gasteiger charge is -2.15. The molecule has 0 spiro atoms. The molecule has 2 aromatic heterocycles. The molecule has 1 unspecified atom stereocenters. The van der Waals surface area contributed by atoms with Gasteiger partial charge in [-0.1, -0.05) is 6.92 Å². The molecule has 2 heterocycles. The second-order valence-corrected chi connectivity index (χ2v) is 5.58. The van der Waals surface area contributed by atoms with E-state index < -0.39 is 0 Å². The van der Waals surface area contributed by atoms with Crippen molar-refractivity contribution >= 4 is 34.6 Å². The Morgan fingerprint density at radius 3 is 2.95 bits per heavy atom. The van der Waals surface area contributed by atoms with Crippen LogP contribution in [0.1, 0.15) is 20.8 Å². The lowest BCUT2D eigenvalue weighted by atomic mass is 10.3. The lowest BCUT2D eigenvalue weighted by Crippen LogP contribution is -2.19.